The lowest BCUT2D eigenvalue weighted by atomic mass is 9.96. The molecule has 3 aromatic heterocycles. The van der Waals surface area contributed by atoms with Crippen molar-refractivity contribution >= 4 is 26.8 Å². The fraction of sp³-hybridized carbons (Fsp3) is 0.600. The number of sulfone groups is 1. The van der Waals surface area contributed by atoms with Crippen molar-refractivity contribution in [2.45, 2.75) is 50.9 Å². The van der Waals surface area contributed by atoms with E-state index in [9.17, 15) is 18.0 Å². The van der Waals surface area contributed by atoms with E-state index in [2.05, 4.69) is 30.5 Å². The van der Waals surface area contributed by atoms with Crippen LogP contribution in [0.2, 0.25) is 0 Å². The Morgan fingerprint density at radius 1 is 1.35 bits per heavy atom. The molecule has 4 heterocycles. The average molecular weight is 493 g/mol. The summed E-state index contributed by atoms with van der Waals surface area (Å²) < 4.78 is 31.8. The van der Waals surface area contributed by atoms with Gasteiger partial charge >= 0.3 is 0 Å². The Kier molecular flexibility index (Phi) is 6.53. The molecular formula is C20H28N8O5S. The van der Waals surface area contributed by atoms with E-state index in [1.54, 1.807) is 0 Å². The van der Waals surface area contributed by atoms with Crippen LogP contribution in [0.5, 0.6) is 0 Å². The number of rotatable bonds is 7. The van der Waals surface area contributed by atoms with Gasteiger partial charge in [-0.2, -0.15) is 10.1 Å². The zero-order valence-corrected chi connectivity index (χ0v) is 20.1. The summed E-state index contributed by atoms with van der Waals surface area (Å²) in [6.07, 6.45) is 2.88. The maximum atomic E-state index is 12.6. The Morgan fingerprint density at radius 3 is 2.88 bits per heavy atom. The molecule has 0 bridgehead atoms. The van der Waals surface area contributed by atoms with Crippen LogP contribution in [0.3, 0.4) is 0 Å². The molecule has 0 radical (unpaired) electrons. The molecule has 0 saturated carbocycles. The summed E-state index contributed by atoms with van der Waals surface area (Å²) in [7, 11) is -3.27. The first-order chi connectivity index (χ1) is 16.0. The quantitative estimate of drug-likeness (QED) is 0.443. The van der Waals surface area contributed by atoms with Crippen LogP contribution < -0.4 is 10.9 Å². The van der Waals surface area contributed by atoms with Gasteiger partial charge in [-0.3, -0.25) is 14.5 Å². The first kappa shape index (κ1) is 24.0. The van der Waals surface area contributed by atoms with Gasteiger partial charge in [0.1, 0.15) is 11.9 Å². The van der Waals surface area contributed by atoms with Crippen LogP contribution in [0.4, 0.5) is 0 Å². The predicted octanol–water partition coefficient (Wildman–Crippen LogP) is -0.394. The van der Waals surface area contributed by atoms with Gasteiger partial charge in [0.25, 0.3) is 5.56 Å². The lowest BCUT2D eigenvalue weighted by Gasteiger charge is -2.31. The predicted molar refractivity (Wildman–Crippen MR) is 122 cm³/mol. The summed E-state index contributed by atoms with van der Waals surface area (Å²) in [6, 6.07) is 0. The number of H-pyrrole nitrogens is 1. The molecule has 3 aromatic rings. The van der Waals surface area contributed by atoms with Gasteiger partial charge in [0.15, 0.2) is 21.3 Å². The zero-order chi connectivity index (χ0) is 24.5. The first-order valence-electron chi connectivity index (χ1n) is 11.0. The van der Waals surface area contributed by atoms with Gasteiger partial charge in [0, 0.05) is 25.0 Å². The standard InChI is InChI=1S/C20H28N8O5S/c1-20(2,3)19-25-16(33-26-19)11-27-6-7-34(31,32)13(9-27)4-5-21-15(29)10-28-17-14(8-24-28)18(30)23-12-22-17/h8,12-13H,4-7,9-11H2,1-3H3,(H,21,29)(H,22,23,30). The fourth-order valence-electron chi connectivity index (χ4n) is 3.73. The summed E-state index contributed by atoms with van der Waals surface area (Å²) in [5.74, 6) is 0.745. The molecule has 4 rings (SSSR count). The lowest BCUT2D eigenvalue weighted by Crippen LogP contribution is -2.47. The smallest absolute Gasteiger partial charge is 0.261 e. The van der Waals surface area contributed by atoms with Crippen molar-refractivity contribution in [3.05, 3.63) is 34.6 Å². The minimum atomic E-state index is -3.27. The Morgan fingerprint density at radius 2 is 2.15 bits per heavy atom. The summed E-state index contributed by atoms with van der Waals surface area (Å²) in [5, 5.41) is 10.5. The number of nitrogens with zero attached hydrogens (tertiary/aromatic N) is 6. The molecule has 14 heteroatoms. The second-order valence-corrected chi connectivity index (χ2v) is 11.8. The number of aromatic nitrogens is 6. The molecule has 34 heavy (non-hydrogen) atoms. The number of hydrogen-bond acceptors (Lipinski definition) is 10. The van der Waals surface area contributed by atoms with Crippen LogP contribution in [0.15, 0.2) is 21.8 Å². The number of fused-ring (bicyclic) bond motifs is 1. The third-order valence-electron chi connectivity index (χ3n) is 5.68. The third-order valence-corrected chi connectivity index (χ3v) is 7.83. The minimum Gasteiger partial charge on any atom is -0.354 e. The van der Waals surface area contributed by atoms with Crippen LogP contribution in [-0.2, 0) is 33.1 Å². The van der Waals surface area contributed by atoms with Gasteiger partial charge in [-0.05, 0) is 6.42 Å². The highest BCUT2D eigenvalue weighted by atomic mass is 32.2. The van der Waals surface area contributed by atoms with Crippen molar-refractivity contribution in [3.63, 3.8) is 0 Å². The van der Waals surface area contributed by atoms with Gasteiger partial charge < -0.3 is 14.8 Å². The molecule has 1 atom stereocenters. The fourth-order valence-corrected chi connectivity index (χ4v) is 5.49. The molecule has 184 valence electrons. The second kappa shape index (κ2) is 9.25. The number of hydrogen-bond donors (Lipinski definition) is 2. The van der Waals surface area contributed by atoms with Gasteiger partial charge in [-0.15, -0.1) is 0 Å². The van der Waals surface area contributed by atoms with Gasteiger partial charge in [-0.25, -0.2) is 18.1 Å². The van der Waals surface area contributed by atoms with Gasteiger partial charge in [-0.1, -0.05) is 25.9 Å². The molecule has 0 aliphatic carbocycles. The van der Waals surface area contributed by atoms with Crippen LogP contribution >= 0.6 is 0 Å². The summed E-state index contributed by atoms with van der Waals surface area (Å²) in [6.45, 7) is 7.12. The highest BCUT2D eigenvalue weighted by molar-refractivity contribution is 7.92. The van der Waals surface area contributed by atoms with Crippen molar-refractivity contribution in [1.82, 2.24) is 40.1 Å². The highest BCUT2D eigenvalue weighted by Crippen LogP contribution is 2.21. The zero-order valence-electron chi connectivity index (χ0n) is 19.3. The molecule has 1 aliphatic rings. The van der Waals surface area contributed by atoms with Crippen molar-refractivity contribution < 1.29 is 17.7 Å². The Bertz CT molecular complexity index is 1340. The summed E-state index contributed by atoms with van der Waals surface area (Å²) in [4.78, 5) is 37.0. The highest BCUT2D eigenvalue weighted by Gasteiger charge is 2.33. The molecule has 1 aliphatic heterocycles. The van der Waals surface area contributed by atoms with Crippen LogP contribution in [0, 0.1) is 0 Å². The molecule has 1 amide bonds. The minimum absolute atomic E-state index is 0.0331. The largest absolute Gasteiger partial charge is 0.354 e. The number of aromatic amines is 1. The van der Waals surface area contributed by atoms with E-state index in [0.717, 1.165) is 0 Å². The molecule has 1 saturated heterocycles. The van der Waals surface area contributed by atoms with Crippen LogP contribution in [-0.4, -0.2) is 79.8 Å². The molecule has 0 spiro atoms. The average Bonchev–Trinajstić information content (AvgIpc) is 3.39. The normalized spacial score (nSPS) is 18.9. The monoisotopic (exact) mass is 492 g/mol. The van der Waals surface area contributed by atoms with E-state index < -0.39 is 15.1 Å². The number of carbonyl (C=O) groups is 1. The molecule has 0 aromatic carbocycles. The number of amides is 1. The van der Waals surface area contributed by atoms with Crippen molar-refractivity contribution in [2.75, 3.05) is 25.4 Å². The maximum absolute atomic E-state index is 12.6. The van der Waals surface area contributed by atoms with Crippen LogP contribution in [0.25, 0.3) is 11.0 Å². The lowest BCUT2D eigenvalue weighted by molar-refractivity contribution is -0.121. The van der Waals surface area contributed by atoms with E-state index >= 15 is 0 Å². The van der Waals surface area contributed by atoms with E-state index in [1.165, 1.54) is 17.2 Å². The van der Waals surface area contributed by atoms with Gasteiger partial charge in [0.05, 0.1) is 30.1 Å². The van der Waals surface area contributed by atoms with Crippen molar-refractivity contribution in [2.24, 2.45) is 0 Å². The Balaban J connectivity index is 1.31. The van der Waals surface area contributed by atoms with Crippen molar-refractivity contribution in [3.8, 4) is 0 Å². The number of carbonyl (C=O) groups excluding carboxylic acids is 1. The van der Waals surface area contributed by atoms with E-state index in [1.807, 2.05) is 25.7 Å². The molecule has 1 fully saturated rings. The maximum Gasteiger partial charge on any atom is 0.261 e. The Hall–Kier alpha value is -3.13. The van der Waals surface area contributed by atoms with Gasteiger partial charge in [0.2, 0.25) is 11.8 Å². The molecule has 2 N–H and O–H groups in total. The third kappa shape index (κ3) is 5.33. The summed E-state index contributed by atoms with van der Waals surface area (Å²) in [5.41, 5.74) is -0.263. The Labute approximate surface area is 195 Å². The summed E-state index contributed by atoms with van der Waals surface area (Å²) >= 11 is 0. The van der Waals surface area contributed by atoms with Crippen molar-refractivity contribution in [1.29, 1.82) is 0 Å². The van der Waals surface area contributed by atoms with E-state index in [-0.39, 0.29) is 42.1 Å². The second-order valence-electron chi connectivity index (χ2n) is 9.40. The first-order valence-corrected chi connectivity index (χ1v) is 12.7. The molecule has 13 nitrogen and oxygen atoms in total. The SMILES string of the molecule is CC(C)(C)c1noc(CN2CCS(=O)(=O)C(CCNC(=O)Cn3ncc4c(=O)[nH]cnc43)C2)n1. The van der Waals surface area contributed by atoms with Crippen LogP contribution in [0.1, 0.15) is 38.9 Å². The van der Waals surface area contributed by atoms with E-state index in [0.29, 0.717) is 42.4 Å². The van der Waals surface area contributed by atoms with E-state index in [4.69, 9.17) is 4.52 Å². The topological polar surface area (TPSA) is 169 Å². The molecular weight excluding hydrogens is 464 g/mol. The number of nitrogens with one attached hydrogen (secondary N) is 2. The molecule has 1 unspecified atom stereocenters.